The van der Waals surface area contributed by atoms with E-state index in [9.17, 15) is 18.4 Å². The number of nitrogens with zero attached hydrogens (tertiary/aromatic N) is 2. The molecule has 1 amide bonds. The lowest BCUT2D eigenvalue weighted by molar-refractivity contribution is 0.0946. The van der Waals surface area contributed by atoms with E-state index in [1.54, 1.807) is 0 Å². The van der Waals surface area contributed by atoms with Gasteiger partial charge in [-0.05, 0) is 37.1 Å². The van der Waals surface area contributed by atoms with Gasteiger partial charge < -0.3 is 15.8 Å². The predicted molar refractivity (Wildman–Crippen MR) is 119 cm³/mol. The molecule has 0 spiro atoms. The van der Waals surface area contributed by atoms with Crippen LogP contribution in [0, 0.1) is 17.5 Å². The van der Waals surface area contributed by atoms with Crippen molar-refractivity contribution in [1.29, 1.82) is 0 Å². The highest BCUT2D eigenvalue weighted by Crippen LogP contribution is 2.36. The van der Waals surface area contributed by atoms with Crippen LogP contribution in [0.4, 0.5) is 19.0 Å². The average molecular weight is 472 g/mol. The van der Waals surface area contributed by atoms with Crippen molar-refractivity contribution >= 4 is 18.0 Å². The number of anilines is 1. The van der Waals surface area contributed by atoms with Crippen LogP contribution in [-0.2, 0) is 6.54 Å². The summed E-state index contributed by atoms with van der Waals surface area (Å²) < 4.78 is 50.0. The maximum absolute atomic E-state index is 15.0. The van der Waals surface area contributed by atoms with Crippen LogP contribution in [0.1, 0.15) is 58.0 Å². The molecule has 3 aromatic rings. The molecule has 0 unspecified atom stereocenters. The number of aldehydes is 1. The van der Waals surface area contributed by atoms with Crippen LogP contribution in [-0.4, -0.2) is 29.1 Å². The lowest BCUT2D eigenvalue weighted by atomic mass is 10.0. The molecule has 0 saturated heterocycles. The van der Waals surface area contributed by atoms with Crippen LogP contribution < -0.4 is 15.8 Å². The highest BCUT2D eigenvalue weighted by molar-refractivity contribution is 5.97. The Hall–Kier alpha value is -3.82. The summed E-state index contributed by atoms with van der Waals surface area (Å²) >= 11 is 0. The van der Waals surface area contributed by atoms with Crippen molar-refractivity contribution in [1.82, 2.24) is 15.1 Å². The summed E-state index contributed by atoms with van der Waals surface area (Å²) in [5.41, 5.74) is 5.64. The number of carbonyl (C=O) groups is 2. The third kappa shape index (κ3) is 4.23. The summed E-state index contributed by atoms with van der Waals surface area (Å²) in [6.45, 7) is -0.360. The largest absolute Gasteiger partial charge is 0.496 e. The molecular formula is C24H23F3N4O3. The smallest absolute Gasteiger partial charge is 0.255 e. The van der Waals surface area contributed by atoms with Gasteiger partial charge in [0.1, 0.15) is 23.1 Å². The normalized spacial score (nSPS) is 13.8. The maximum atomic E-state index is 15.0. The van der Waals surface area contributed by atoms with Crippen LogP contribution in [0.2, 0.25) is 0 Å². The predicted octanol–water partition coefficient (Wildman–Crippen LogP) is 4.42. The SMILES string of the molecule is COc1ccc(F)cc1C(=O)NCc1ccc(-c2nn(C3CCCC3)c(N)c2C=O)c(F)c1F. The van der Waals surface area contributed by atoms with Gasteiger partial charge in [-0.1, -0.05) is 18.9 Å². The second-order valence-electron chi connectivity index (χ2n) is 8.08. The van der Waals surface area contributed by atoms with Gasteiger partial charge in [0.2, 0.25) is 0 Å². The summed E-state index contributed by atoms with van der Waals surface area (Å²) in [4.78, 5) is 24.1. The number of amides is 1. The zero-order valence-electron chi connectivity index (χ0n) is 18.4. The lowest BCUT2D eigenvalue weighted by Gasteiger charge is -2.12. The second-order valence-corrected chi connectivity index (χ2v) is 8.08. The van der Waals surface area contributed by atoms with E-state index in [0.29, 0.717) is 6.29 Å². The highest BCUT2D eigenvalue weighted by Gasteiger charge is 2.27. The van der Waals surface area contributed by atoms with Crippen molar-refractivity contribution in [3.8, 4) is 17.0 Å². The van der Waals surface area contributed by atoms with E-state index in [1.807, 2.05) is 0 Å². The number of hydrogen-bond donors (Lipinski definition) is 2. The molecule has 7 nitrogen and oxygen atoms in total. The van der Waals surface area contributed by atoms with Crippen molar-refractivity contribution in [3.05, 3.63) is 64.5 Å². The molecule has 0 aliphatic heterocycles. The third-order valence-electron chi connectivity index (χ3n) is 6.04. The van der Waals surface area contributed by atoms with Crippen LogP contribution in [0.25, 0.3) is 11.3 Å². The minimum Gasteiger partial charge on any atom is -0.496 e. The molecule has 178 valence electrons. The van der Waals surface area contributed by atoms with Gasteiger partial charge in [-0.15, -0.1) is 0 Å². The Morgan fingerprint density at radius 3 is 2.62 bits per heavy atom. The number of aromatic nitrogens is 2. The van der Waals surface area contributed by atoms with Crippen LogP contribution in [0.5, 0.6) is 5.75 Å². The van der Waals surface area contributed by atoms with E-state index in [2.05, 4.69) is 10.4 Å². The number of rotatable bonds is 7. The Morgan fingerprint density at radius 2 is 1.94 bits per heavy atom. The van der Waals surface area contributed by atoms with Crippen molar-refractivity contribution in [2.75, 3.05) is 12.8 Å². The highest BCUT2D eigenvalue weighted by atomic mass is 19.2. The first-order valence-corrected chi connectivity index (χ1v) is 10.8. The Morgan fingerprint density at radius 1 is 1.21 bits per heavy atom. The van der Waals surface area contributed by atoms with Crippen LogP contribution >= 0.6 is 0 Å². The molecule has 1 saturated carbocycles. The number of nitrogen functional groups attached to an aromatic ring is 1. The summed E-state index contributed by atoms with van der Waals surface area (Å²) in [5.74, 6) is -3.51. The van der Waals surface area contributed by atoms with Crippen molar-refractivity contribution < 1.29 is 27.5 Å². The molecule has 34 heavy (non-hydrogen) atoms. The molecule has 0 radical (unpaired) electrons. The molecule has 1 aliphatic carbocycles. The summed E-state index contributed by atoms with van der Waals surface area (Å²) in [6.07, 6.45) is 4.17. The number of methoxy groups -OCH3 is 1. The Bertz CT molecular complexity index is 1250. The molecule has 0 bridgehead atoms. The average Bonchev–Trinajstić information content (AvgIpc) is 3.47. The molecule has 1 fully saturated rings. The fraction of sp³-hybridized carbons (Fsp3) is 0.292. The van der Waals surface area contributed by atoms with E-state index in [1.165, 1.54) is 30.0 Å². The number of nitrogens with one attached hydrogen (secondary N) is 1. The van der Waals surface area contributed by atoms with Crippen molar-refractivity contribution in [3.63, 3.8) is 0 Å². The van der Waals surface area contributed by atoms with E-state index in [-0.39, 0.29) is 52.1 Å². The number of halogens is 3. The van der Waals surface area contributed by atoms with Gasteiger partial charge in [-0.25, -0.2) is 17.9 Å². The molecule has 1 aromatic heterocycles. The van der Waals surface area contributed by atoms with Crippen LogP contribution in [0.15, 0.2) is 30.3 Å². The van der Waals surface area contributed by atoms with E-state index >= 15 is 4.39 Å². The monoisotopic (exact) mass is 472 g/mol. The lowest BCUT2D eigenvalue weighted by Crippen LogP contribution is -2.24. The Kier molecular flexibility index (Phi) is 6.58. The number of benzene rings is 2. The van der Waals surface area contributed by atoms with Crippen molar-refractivity contribution in [2.45, 2.75) is 38.3 Å². The number of ether oxygens (including phenoxy) is 1. The summed E-state index contributed by atoms with van der Waals surface area (Å²) in [7, 11) is 1.33. The standard InChI is InChI=1S/C24H23F3N4O3/c1-34-19-9-7-14(25)10-17(19)24(33)29-11-13-6-8-16(21(27)20(13)26)22-18(12-32)23(28)31(30-22)15-4-2-3-5-15/h6-10,12,15H,2-5,11,28H2,1H3,(H,29,33). The molecule has 10 heteroatoms. The molecule has 4 rings (SSSR count). The zero-order valence-corrected chi connectivity index (χ0v) is 18.4. The van der Waals surface area contributed by atoms with Crippen molar-refractivity contribution in [2.24, 2.45) is 0 Å². The Labute approximate surface area is 193 Å². The first-order chi connectivity index (χ1) is 16.3. The number of nitrogens with two attached hydrogens (primary N) is 1. The molecular weight excluding hydrogens is 449 g/mol. The Balaban J connectivity index is 1.60. The topological polar surface area (TPSA) is 99.2 Å². The first-order valence-electron chi connectivity index (χ1n) is 10.8. The summed E-state index contributed by atoms with van der Waals surface area (Å²) in [5, 5.41) is 6.77. The van der Waals surface area contributed by atoms with Gasteiger partial charge in [0.25, 0.3) is 5.91 Å². The molecule has 2 aromatic carbocycles. The first kappa shape index (κ1) is 23.3. The number of carbonyl (C=O) groups excluding carboxylic acids is 2. The maximum Gasteiger partial charge on any atom is 0.255 e. The van der Waals surface area contributed by atoms with Gasteiger partial charge in [-0.3, -0.25) is 9.59 Å². The molecule has 1 heterocycles. The quantitative estimate of drug-likeness (QED) is 0.496. The minimum atomic E-state index is -1.21. The molecule has 3 N–H and O–H groups in total. The van der Waals surface area contributed by atoms with Gasteiger partial charge in [0.15, 0.2) is 17.9 Å². The number of hydrogen-bond acceptors (Lipinski definition) is 5. The fourth-order valence-corrected chi connectivity index (χ4v) is 4.24. The van der Waals surface area contributed by atoms with Gasteiger partial charge in [0, 0.05) is 17.7 Å². The van der Waals surface area contributed by atoms with Gasteiger partial charge >= 0.3 is 0 Å². The molecule has 0 atom stereocenters. The van der Waals surface area contributed by atoms with Gasteiger partial charge in [-0.2, -0.15) is 5.10 Å². The van der Waals surface area contributed by atoms with E-state index < -0.39 is 23.4 Å². The van der Waals surface area contributed by atoms with E-state index in [0.717, 1.165) is 37.8 Å². The minimum absolute atomic E-state index is 0.00412. The second kappa shape index (κ2) is 9.58. The van der Waals surface area contributed by atoms with Crippen LogP contribution in [0.3, 0.4) is 0 Å². The zero-order chi connectivity index (χ0) is 24.4. The van der Waals surface area contributed by atoms with Gasteiger partial charge in [0.05, 0.1) is 24.3 Å². The third-order valence-corrected chi connectivity index (χ3v) is 6.04. The molecule has 1 aliphatic rings. The fourth-order valence-electron chi connectivity index (χ4n) is 4.24. The van der Waals surface area contributed by atoms with E-state index in [4.69, 9.17) is 10.5 Å². The summed E-state index contributed by atoms with van der Waals surface area (Å²) in [6, 6.07) is 6.00.